The van der Waals surface area contributed by atoms with Crippen molar-refractivity contribution < 1.29 is 5.11 Å². The Kier molecular flexibility index (Phi) is 3.80. The average molecular weight is 235 g/mol. The highest BCUT2D eigenvalue weighted by Gasteiger charge is 2.01. The molecule has 1 unspecified atom stereocenters. The Morgan fingerprint density at radius 1 is 1.38 bits per heavy atom. The van der Waals surface area contributed by atoms with Crippen LogP contribution < -0.4 is 5.32 Å². The largest absolute Gasteiger partial charge is 0.393 e. The van der Waals surface area contributed by atoms with Crippen molar-refractivity contribution in [3.8, 4) is 0 Å². The van der Waals surface area contributed by atoms with Gasteiger partial charge in [0.1, 0.15) is 0 Å². The van der Waals surface area contributed by atoms with Crippen LogP contribution in [0.2, 0.25) is 0 Å². The molecule has 0 aliphatic heterocycles. The number of fused-ring (bicyclic) bond motifs is 1. The van der Waals surface area contributed by atoms with E-state index in [9.17, 15) is 0 Å². The topological polar surface area (TPSA) is 32.3 Å². The molecule has 2 rings (SSSR count). The number of anilines is 1. The van der Waals surface area contributed by atoms with E-state index in [0.717, 1.165) is 19.4 Å². The predicted molar refractivity (Wildman–Crippen MR) is 71.2 cm³/mol. The van der Waals surface area contributed by atoms with Gasteiger partial charge in [0.25, 0.3) is 0 Å². The third-order valence-electron chi connectivity index (χ3n) is 2.59. The normalized spacial score (nSPS) is 12.9. The van der Waals surface area contributed by atoms with Crippen LogP contribution in [0.5, 0.6) is 0 Å². The molecule has 0 aliphatic rings. The van der Waals surface area contributed by atoms with Crippen molar-refractivity contribution in [3.05, 3.63) is 29.6 Å². The molecule has 0 spiro atoms. The zero-order valence-corrected chi connectivity index (χ0v) is 10.3. The van der Waals surface area contributed by atoms with Crippen LogP contribution in [0.1, 0.15) is 19.8 Å². The van der Waals surface area contributed by atoms with Crippen LogP contribution >= 0.6 is 11.3 Å². The standard InChI is InChI=1S/C13H17NOS/c1-10(15)4-3-8-14-12-6-2-5-11-7-9-16-13(11)12/h2,5-7,9-10,14-15H,3-4,8H2,1H3. The van der Waals surface area contributed by atoms with Gasteiger partial charge in [-0.05, 0) is 42.7 Å². The van der Waals surface area contributed by atoms with Gasteiger partial charge >= 0.3 is 0 Å². The van der Waals surface area contributed by atoms with E-state index in [2.05, 4.69) is 35.0 Å². The lowest BCUT2D eigenvalue weighted by Crippen LogP contribution is -2.06. The van der Waals surface area contributed by atoms with Crippen molar-refractivity contribution in [2.45, 2.75) is 25.9 Å². The molecule has 0 aliphatic carbocycles. The first kappa shape index (κ1) is 11.4. The highest BCUT2D eigenvalue weighted by atomic mass is 32.1. The van der Waals surface area contributed by atoms with Gasteiger partial charge < -0.3 is 10.4 Å². The van der Waals surface area contributed by atoms with Crippen molar-refractivity contribution in [2.75, 3.05) is 11.9 Å². The van der Waals surface area contributed by atoms with Crippen LogP contribution in [0.15, 0.2) is 29.6 Å². The van der Waals surface area contributed by atoms with E-state index in [0.29, 0.717) is 0 Å². The molecule has 86 valence electrons. The summed E-state index contributed by atoms with van der Waals surface area (Å²) in [6.45, 7) is 2.75. The van der Waals surface area contributed by atoms with Gasteiger partial charge in [-0.3, -0.25) is 0 Å². The quantitative estimate of drug-likeness (QED) is 0.778. The first-order chi connectivity index (χ1) is 7.77. The van der Waals surface area contributed by atoms with Gasteiger partial charge in [0.2, 0.25) is 0 Å². The minimum absolute atomic E-state index is 0.195. The summed E-state index contributed by atoms with van der Waals surface area (Å²) in [4.78, 5) is 0. The number of hydrogen-bond donors (Lipinski definition) is 2. The maximum absolute atomic E-state index is 9.16. The van der Waals surface area contributed by atoms with Crippen molar-refractivity contribution in [1.29, 1.82) is 0 Å². The Balaban J connectivity index is 1.96. The zero-order valence-electron chi connectivity index (χ0n) is 9.44. The predicted octanol–water partition coefficient (Wildman–Crippen LogP) is 3.47. The Hall–Kier alpha value is -1.06. The molecule has 2 N–H and O–H groups in total. The van der Waals surface area contributed by atoms with Gasteiger partial charge in [-0.1, -0.05) is 12.1 Å². The lowest BCUT2D eigenvalue weighted by atomic mass is 10.2. The third-order valence-corrected chi connectivity index (χ3v) is 3.56. The van der Waals surface area contributed by atoms with E-state index < -0.39 is 0 Å². The molecule has 1 atom stereocenters. The lowest BCUT2D eigenvalue weighted by Gasteiger charge is -2.08. The monoisotopic (exact) mass is 235 g/mol. The molecule has 1 aromatic heterocycles. The summed E-state index contributed by atoms with van der Waals surface area (Å²) in [7, 11) is 0. The summed E-state index contributed by atoms with van der Waals surface area (Å²) >= 11 is 1.77. The Bertz CT molecular complexity index is 450. The molecule has 2 nitrogen and oxygen atoms in total. The van der Waals surface area contributed by atoms with Gasteiger partial charge in [0.15, 0.2) is 0 Å². The smallest absolute Gasteiger partial charge is 0.0574 e. The SMILES string of the molecule is CC(O)CCCNc1cccc2ccsc12. The molecule has 0 saturated heterocycles. The molecular weight excluding hydrogens is 218 g/mol. The summed E-state index contributed by atoms with van der Waals surface area (Å²) in [6.07, 6.45) is 1.66. The minimum Gasteiger partial charge on any atom is -0.393 e. The fourth-order valence-electron chi connectivity index (χ4n) is 1.75. The molecule has 0 fully saturated rings. The molecular formula is C13H17NOS. The summed E-state index contributed by atoms with van der Waals surface area (Å²) in [5, 5.41) is 16.0. The number of aliphatic hydroxyl groups is 1. The van der Waals surface area contributed by atoms with E-state index in [4.69, 9.17) is 5.11 Å². The molecule has 0 saturated carbocycles. The second-order valence-corrected chi connectivity index (χ2v) is 4.98. The summed E-state index contributed by atoms with van der Waals surface area (Å²) < 4.78 is 1.32. The summed E-state index contributed by atoms with van der Waals surface area (Å²) in [5.74, 6) is 0. The van der Waals surface area contributed by atoms with E-state index in [1.54, 1.807) is 11.3 Å². The molecule has 1 aromatic carbocycles. The van der Waals surface area contributed by atoms with Crippen molar-refractivity contribution in [1.82, 2.24) is 0 Å². The number of thiophene rings is 1. The number of nitrogens with one attached hydrogen (secondary N) is 1. The van der Waals surface area contributed by atoms with Crippen LogP contribution in [0.3, 0.4) is 0 Å². The average Bonchev–Trinajstić information content (AvgIpc) is 2.72. The number of aliphatic hydroxyl groups excluding tert-OH is 1. The van der Waals surface area contributed by atoms with Gasteiger partial charge in [-0.25, -0.2) is 0 Å². The van der Waals surface area contributed by atoms with E-state index in [-0.39, 0.29) is 6.10 Å². The van der Waals surface area contributed by atoms with Gasteiger partial charge in [0, 0.05) is 6.54 Å². The van der Waals surface area contributed by atoms with Crippen LogP contribution in [0.25, 0.3) is 10.1 Å². The minimum atomic E-state index is -0.195. The molecule has 3 heteroatoms. The second kappa shape index (κ2) is 5.32. The highest BCUT2D eigenvalue weighted by Crippen LogP contribution is 2.28. The second-order valence-electron chi connectivity index (χ2n) is 4.06. The molecule has 0 radical (unpaired) electrons. The molecule has 0 amide bonds. The van der Waals surface area contributed by atoms with E-state index >= 15 is 0 Å². The fraction of sp³-hybridized carbons (Fsp3) is 0.385. The number of benzene rings is 1. The molecule has 2 aromatic rings. The van der Waals surface area contributed by atoms with Crippen LogP contribution in [-0.2, 0) is 0 Å². The third kappa shape index (κ3) is 2.74. The maximum atomic E-state index is 9.16. The zero-order chi connectivity index (χ0) is 11.4. The van der Waals surface area contributed by atoms with Crippen LogP contribution in [0, 0.1) is 0 Å². The maximum Gasteiger partial charge on any atom is 0.0574 e. The van der Waals surface area contributed by atoms with E-state index in [1.807, 2.05) is 6.92 Å². The van der Waals surface area contributed by atoms with Gasteiger partial charge in [-0.15, -0.1) is 11.3 Å². The Labute approximate surface area is 99.9 Å². The van der Waals surface area contributed by atoms with Gasteiger partial charge in [-0.2, -0.15) is 0 Å². The van der Waals surface area contributed by atoms with E-state index in [1.165, 1.54) is 15.8 Å². The first-order valence-corrected chi connectivity index (χ1v) is 6.53. The fourth-order valence-corrected chi connectivity index (χ4v) is 2.64. The lowest BCUT2D eigenvalue weighted by molar-refractivity contribution is 0.183. The van der Waals surface area contributed by atoms with Crippen molar-refractivity contribution in [3.63, 3.8) is 0 Å². The van der Waals surface area contributed by atoms with Gasteiger partial charge in [0.05, 0.1) is 16.5 Å². The Morgan fingerprint density at radius 3 is 3.06 bits per heavy atom. The summed E-state index contributed by atoms with van der Waals surface area (Å²) in [6, 6.07) is 8.46. The number of hydrogen-bond acceptors (Lipinski definition) is 3. The van der Waals surface area contributed by atoms with Crippen molar-refractivity contribution in [2.24, 2.45) is 0 Å². The molecule has 16 heavy (non-hydrogen) atoms. The Morgan fingerprint density at radius 2 is 2.25 bits per heavy atom. The van der Waals surface area contributed by atoms with Crippen LogP contribution in [0.4, 0.5) is 5.69 Å². The number of rotatable bonds is 5. The van der Waals surface area contributed by atoms with Crippen molar-refractivity contribution >= 4 is 27.1 Å². The highest BCUT2D eigenvalue weighted by molar-refractivity contribution is 7.17. The molecule has 1 heterocycles. The first-order valence-electron chi connectivity index (χ1n) is 5.65. The van der Waals surface area contributed by atoms with Crippen LogP contribution in [-0.4, -0.2) is 17.8 Å². The summed E-state index contributed by atoms with van der Waals surface area (Å²) in [5.41, 5.74) is 1.21. The molecule has 0 bridgehead atoms.